The summed E-state index contributed by atoms with van der Waals surface area (Å²) in [7, 11) is 4.86. The van der Waals surface area contributed by atoms with Gasteiger partial charge in [-0.05, 0) is 18.8 Å². The maximum Gasteiger partial charge on any atom is 0.305 e. The van der Waals surface area contributed by atoms with E-state index in [2.05, 4.69) is 6.92 Å². The molecule has 19 heavy (non-hydrogen) atoms. The first-order valence-electron chi connectivity index (χ1n) is 7.30. The Labute approximate surface area is 116 Å². The van der Waals surface area contributed by atoms with Crippen molar-refractivity contribution in [3.05, 3.63) is 0 Å². The summed E-state index contributed by atoms with van der Waals surface area (Å²) in [5, 5.41) is 0. The quantitative estimate of drug-likeness (QED) is 0.387. The lowest BCUT2D eigenvalue weighted by atomic mass is 9.85. The van der Waals surface area contributed by atoms with Gasteiger partial charge in [0.25, 0.3) is 0 Å². The van der Waals surface area contributed by atoms with E-state index in [1.54, 1.807) is 14.2 Å². The molecule has 0 heterocycles. The molecule has 4 heteroatoms. The molecule has 1 saturated carbocycles. The minimum absolute atomic E-state index is 0.131. The van der Waals surface area contributed by atoms with Crippen molar-refractivity contribution in [2.45, 2.75) is 57.7 Å². The van der Waals surface area contributed by atoms with Gasteiger partial charge in [0.1, 0.15) is 0 Å². The van der Waals surface area contributed by atoms with Crippen molar-refractivity contribution in [3.8, 4) is 0 Å². The highest BCUT2D eigenvalue weighted by Crippen LogP contribution is 2.47. The maximum absolute atomic E-state index is 11.5. The Kier molecular flexibility index (Phi) is 6.80. The number of hydrogen-bond acceptors (Lipinski definition) is 4. The Balaban J connectivity index is 2.71. The van der Waals surface area contributed by atoms with Crippen LogP contribution in [0.5, 0.6) is 0 Å². The zero-order chi connectivity index (χ0) is 14.3. The van der Waals surface area contributed by atoms with Crippen LogP contribution < -0.4 is 0 Å². The van der Waals surface area contributed by atoms with E-state index in [1.165, 1.54) is 20.0 Å². The number of carbonyl (C=O) groups is 1. The van der Waals surface area contributed by atoms with Crippen LogP contribution in [-0.2, 0) is 19.0 Å². The SMILES string of the molecule is CCCCCC1C(CC(=O)OC)CCC1(OC)OC. The van der Waals surface area contributed by atoms with Gasteiger partial charge < -0.3 is 14.2 Å². The fraction of sp³-hybridized carbons (Fsp3) is 0.933. The molecule has 0 spiro atoms. The van der Waals surface area contributed by atoms with E-state index in [0.29, 0.717) is 12.3 Å². The second-order valence-electron chi connectivity index (χ2n) is 5.40. The predicted octanol–water partition coefficient (Wildman–Crippen LogP) is 3.15. The highest BCUT2D eigenvalue weighted by Gasteiger charge is 2.49. The smallest absolute Gasteiger partial charge is 0.305 e. The van der Waals surface area contributed by atoms with E-state index in [-0.39, 0.29) is 11.9 Å². The number of esters is 1. The van der Waals surface area contributed by atoms with Crippen molar-refractivity contribution in [2.75, 3.05) is 21.3 Å². The Bertz CT molecular complexity index is 273. The third-order valence-electron chi connectivity index (χ3n) is 4.46. The second kappa shape index (κ2) is 7.85. The van der Waals surface area contributed by atoms with E-state index < -0.39 is 5.79 Å². The highest BCUT2D eigenvalue weighted by molar-refractivity contribution is 5.69. The molecule has 0 aliphatic heterocycles. The largest absolute Gasteiger partial charge is 0.469 e. The van der Waals surface area contributed by atoms with E-state index >= 15 is 0 Å². The van der Waals surface area contributed by atoms with E-state index in [1.807, 2.05) is 0 Å². The van der Waals surface area contributed by atoms with Crippen molar-refractivity contribution in [1.82, 2.24) is 0 Å². The summed E-state index contributed by atoms with van der Waals surface area (Å²) in [6, 6.07) is 0. The molecule has 2 atom stereocenters. The van der Waals surface area contributed by atoms with Crippen LogP contribution >= 0.6 is 0 Å². The third-order valence-corrected chi connectivity index (χ3v) is 4.46. The van der Waals surface area contributed by atoms with Crippen LogP contribution in [0.15, 0.2) is 0 Å². The van der Waals surface area contributed by atoms with Crippen LogP contribution in [0.2, 0.25) is 0 Å². The molecular weight excluding hydrogens is 244 g/mol. The lowest BCUT2D eigenvalue weighted by Crippen LogP contribution is -2.40. The number of methoxy groups -OCH3 is 3. The fourth-order valence-electron chi connectivity index (χ4n) is 3.33. The Morgan fingerprint density at radius 2 is 1.89 bits per heavy atom. The standard InChI is InChI=1S/C15H28O4/c1-5-6-7-8-13-12(11-14(16)17-2)9-10-15(13,18-3)19-4/h12-13H,5-11H2,1-4H3. The Morgan fingerprint density at radius 1 is 1.21 bits per heavy atom. The Morgan fingerprint density at radius 3 is 2.42 bits per heavy atom. The van der Waals surface area contributed by atoms with Crippen molar-refractivity contribution >= 4 is 5.97 Å². The lowest BCUT2D eigenvalue weighted by molar-refractivity contribution is -0.233. The first-order valence-corrected chi connectivity index (χ1v) is 7.30. The van der Waals surface area contributed by atoms with E-state index in [9.17, 15) is 4.79 Å². The van der Waals surface area contributed by atoms with Crippen molar-refractivity contribution in [2.24, 2.45) is 11.8 Å². The van der Waals surface area contributed by atoms with Gasteiger partial charge in [-0.15, -0.1) is 0 Å². The Hall–Kier alpha value is -0.610. The summed E-state index contributed by atoms with van der Waals surface area (Å²) in [6.45, 7) is 2.19. The molecule has 0 aromatic heterocycles. The molecule has 112 valence electrons. The van der Waals surface area contributed by atoms with Gasteiger partial charge in [-0.25, -0.2) is 0 Å². The van der Waals surface area contributed by atoms with Gasteiger partial charge in [-0.3, -0.25) is 4.79 Å². The topological polar surface area (TPSA) is 44.8 Å². The van der Waals surface area contributed by atoms with Gasteiger partial charge in [0, 0.05) is 33.0 Å². The van der Waals surface area contributed by atoms with Crippen LogP contribution in [0.3, 0.4) is 0 Å². The summed E-state index contributed by atoms with van der Waals surface area (Å²) < 4.78 is 16.1. The fourth-order valence-corrected chi connectivity index (χ4v) is 3.33. The van der Waals surface area contributed by atoms with Gasteiger partial charge in [-0.1, -0.05) is 26.2 Å². The molecule has 0 aromatic carbocycles. The molecule has 0 N–H and O–H groups in total. The molecule has 1 fully saturated rings. The molecule has 4 nitrogen and oxygen atoms in total. The number of ether oxygens (including phenoxy) is 3. The second-order valence-corrected chi connectivity index (χ2v) is 5.40. The first-order chi connectivity index (χ1) is 9.13. The summed E-state index contributed by atoms with van der Waals surface area (Å²) >= 11 is 0. The van der Waals surface area contributed by atoms with Crippen LogP contribution in [0, 0.1) is 11.8 Å². The van der Waals surface area contributed by atoms with Gasteiger partial charge >= 0.3 is 5.97 Å². The number of hydrogen-bond donors (Lipinski definition) is 0. The number of rotatable bonds is 8. The van der Waals surface area contributed by atoms with Crippen LogP contribution in [0.4, 0.5) is 0 Å². The van der Waals surface area contributed by atoms with Gasteiger partial charge in [0.2, 0.25) is 0 Å². The van der Waals surface area contributed by atoms with Crippen LogP contribution in [0.25, 0.3) is 0 Å². The lowest BCUT2D eigenvalue weighted by Gasteiger charge is -2.35. The molecule has 0 amide bonds. The minimum Gasteiger partial charge on any atom is -0.469 e. The molecule has 0 saturated heterocycles. The summed E-state index contributed by atoms with van der Waals surface area (Å²) in [6.07, 6.45) is 6.92. The zero-order valence-electron chi connectivity index (χ0n) is 12.7. The minimum atomic E-state index is -0.508. The number of carbonyl (C=O) groups excluding carboxylic acids is 1. The molecular formula is C15H28O4. The normalized spacial score (nSPS) is 25.5. The number of unbranched alkanes of at least 4 members (excludes halogenated alkanes) is 2. The van der Waals surface area contributed by atoms with Crippen LogP contribution in [0.1, 0.15) is 51.9 Å². The first kappa shape index (κ1) is 16.4. The molecule has 0 bridgehead atoms. The van der Waals surface area contributed by atoms with E-state index in [0.717, 1.165) is 25.7 Å². The summed E-state index contributed by atoms with van der Waals surface area (Å²) in [5.74, 6) is -0.0438. The molecule has 1 aliphatic rings. The molecule has 0 radical (unpaired) electrons. The van der Waals surface area contributed by atoms with E-state index in [4.69, 9.17) is 14.2 Å². The zero-order valence-corrected chi connectivity index (χ0v) is 12.7. The monoisotopic (exact) mass is 272 g/mol. The predicted molar refractivity (Wildman–Crippen MR) is 73.7 cm³/mol. The van der Waals surface area contributed by atoms with Crippen molar-refractivity contribution < 1.29 is 19.0 Å². The average Bonchev–Trinajstić information content (AvgIpc) is 2.78. The molecule has 1 rings (SSSR count). The van der Waals surface area contributed by atoms with Gasteiger partial charge in [0.15, 0.2) is 5.79 Å². The van der Waals surface area contributed by atoms with Crippen molar-refractivity contribution in [3.63, 3.8) is 0 Å². The van der Waals surface area contributed by atoms with Crippen LogP contribution in [-0.4, -0.2) is 33.1 Å². The molecule has 2 unspecified atom stereocenters. The highest BCUT2D eigenvalue weighted by atomic mass is 16.7. The maximum atomic E-state index is 11.5. The average molecular weight is 272 g/mol. The van der Waals surface area contributed by atoms with Crippen molar-refractivity contribution in [1.29, 1.82) is 0 Å². The summed E-state index contributed by atoms with van der Waals surface area (Å²) in [5.41, 5.74) is 0. The molecule has 0 aromatic rings. The summed E-state index contributed by atoms with van der Waals surface area (Å²) in [4.78, 5) is 11.5. The van der Waals surface area contributed by atoms with Gasteiger partial charge in [-0.2, -0.15) is 0 Å². The van der Waals surface area contributed by atoms with Gasteiger partial charge in [0.05, 0.1) is 7.11 Å². The third kappa shape index (κ3) is 3.93. The molecule has 1 aliphatic carbocycles.